The Morgan fingerprint density at radius 2 is 1.81 bits per heavy atom. The number of carbonyl (C=O) groups excluding carboxylic acids is 2. The molecule has 1 aromatic heterocycles. The first-order valence-electron chi connectivity index (χ1n) is 9.90. The van der Waals surface area contributed by atoms with Crippen LogP contribution in [0.15, 0.2) is 0 Å². The van der Waals surface area contributed by atoms with Crippen LogP contribution in [0.5, 0.6) is 0 Å². The molecule has 1 N–H and O–H groups in total. The van der Waals surface area contributed by atoms with Gasteiger partial charge in [0.25, 0.3) is 0 Å². The first kappa shape index (κ1) is 17.7. The molecule has 2 amide bonds. The minimum Gasteiger partial charge on any atom is -0.353 e. The maximum absolute atomic E-state index is 12.6. The van der Waals surface area contributed by atoms with Gasteiger partial charge in [-0.25, -0.2) is 0 Å². The number of piperidine rings is 2. The molecule has 1 unspecified atom stereocenters. The Balaban J connectivity index is 1.38. The Hall–Kier alpha value is -1.70. The number of nitrogens with one attached hydrogen (secondary N) is 1. The molecule has 3 heterocycles. The monoisotopic (exact) mass is 377 g/mol. The van der Waals surface area contributed by atoms with Gasteiger partial charge in [-0.3, -0.25) is 14.5 Å². The smallest absolute Gasteiger partial charge is 0.228 e. The van der Waals surface area contributed by atoms with Crippen molar-refractivity contribution in [2.75, 3.05) is 29.4 Å². The second kappa shape index (κ2) is 7.90. The van der Waals surface area contributed by atoms with Crippen molar-refractivity contribution >= 4 is 33.4 Å². The Morgan fingerprint density at radius 1 is 1.00 bits per heavy atom. The SMILES string of the molecule is O=C(NC1CCCC1)C1CCCN(c2nnc(N3CCCCC3=O)s2)C1. The van der Waals surface area contributed by atoms with Crippen molar-refractivity contribution in [3.8, 4) is 0 Å². The molecule has 1 aliphatic carbocycles. The summed E-state index contributed by atoms with van der Waals surface area (Å²) in [6.45, 7) is 2.33. The molecular formula is C18H27N5O2S. The van der Waals surface area contributed by atoms with Gasteiger partial charge < -0.3 is 10.2 Å². The first-order chi connectivity index (χ1) is 12.7. The number of carbonyl (C=O) groups is 2. The van der Waals surface area contributed by atoms with E-state index in [4.69, 9.17) is 0 Å². The molecule has 142 valence electrons. The van der Waals surface area contributed by atoms with E-state index in [0.717, 1.165) is 56.7 Å². The van der Waals surface area contributed by atoms with Crippen LogP contribution in [0.25, 0.3) is 0 Å². The van der Waals surface area contributed by atoms with Gasteiger partial charge in [-0.15, -0.1) is 10.2 Å². The van der Waals surface area contributed by atoms with Crippen LogP contribution in [0.2, 0.25) is 0 Å². The maximum Gasteiger partial charge on any atom is 0.228 e. The van der Waals surface area contributed by atoms with Crippen LogP contribution in [0, 0.1) is 5.92 Å². The third kappa shape index (κ3) is 3.84. The fourth-order valence-electron chi connectivity index (χ4n) is 4.21. The van der Waals surface area contributed by atoms with Crippen LogP contribution in [0.3, 0.4) is 0 Å². The van der Waals surface area contributed by atoms with Crippen LogP contribution in [-0.4, -0.2) is 47.7 Å². The summed E-state index contributed by atoms with van der Waals surface area (Å²) in [5.74, 6) is 0.359. The summed E-state index contributed by atoms with van der Waals surface area (Å²) >= 11 is 1.47. The van der Waals surface area contributed by atoms with Crippen molar-refractivity contribution in [3.05, 3.63) is 0 Å². The minimum absolute atomic E-state index is 0.0216. The van der Waals surface area contributed by atoms with Crippen molar-refractivity contribution in [1.82, 2.24) is 15.5 Å². The van der Waals surface area contributed by atoms with E-state index in [9.17, 15) is 9.59 Å². The molecule has 2 saturated heterocycles. The third-order valence-corrected chi connectivity index (χ3v) is 6.73. The normalized spacial score (nSPS) is 24.9. The summed E-state index contributed by atoms with van der Waals surface area (Å²) in [4.78, 5) is 28.6. The molecule has 26 heavy (non-hydrogen) atoms. The predicted molar refractivity (Wildman–Crippen MR) is 101 cm³/mol. The van der Waals surface area contributed by atoms with Gasteiger partial charge in [-0.05, 0) is 38.5 Å². The number of rotatable bonds is 4. The molecule has 0 spiro atoms. The standard InChI is InChI=1S/C18H27N5O2S/c24-15-9-3-4-11-23(15)18-21-20-17(26-18)22-10-5-6-13(12-22)16(25)19-14-7-1-2-8-14/h13-14H,1-12H2,(H,19,25). The van der Waals surface area contributed by atoms with Gasteiger partial charge in [0.2, 0.25) is 22.1 Å². The van der Waals surface area contributed by atoms with Gasteiger partial charge in [0.1, 0.15) is 0 Å². The van der Waals surface area contributed by atoms with E-state index in [1.807, 2.05) is 0 Å². The molecule has 4 rings (SSSR count). The Morgan fingerprint density at radius 3 is 2.62 bits per heavy atom. The van der Waals surface area contributed by atoms with Crippen molar-refractivity contribution in [2.45, 2.75) is 63.8 Å². The van der Waals surface area contributed by atoms with E-state index in [2.05, 4.69) is 20.4 Å². The van der Waals surface area contributed by atoms with Crippen LogP contribution in [-0.2, 0) is 9.59 Å². The average molecular weight is 378 g/mol. The Kier molecular flexibility index (Phi) is 5.38. The van der Waals surface area contributed by atoms with Crippen LogP contribution >= 0.6 is 11.3 Å². The van der Waals surface area contributed by atoms with Gasteiger partial charge in [0, 0.05) is 32.1 Å². The van der Waals surface area contributed by atoms with Gasteiger partial charge >= 0.3 is 0 Å². The van der Waals surface area contributed by atoms with Crippen LogP contribution < -0.4 is 15.1 Å². The number of anilines is 2. The van der Waals surface area contributed by atoms with Gasteiger partial charge in [0.15, 0.2) is 0 Å². The topological polar surface area (TPSA) is 78.4 Å². The molecule has 8 heteroatoms. The summed E-state index contributed by atoms with van der Waals surface area (Å²) in [7, 11) is 0. The zero-order valence-corrected chi connectivity index (χ0v) is 16.0. The predicted octanol–water partition coefficient (Wildman–Crippen LogP) is 2.33. The van der Waals surface area contributed by atoms with Crippen molar-refractivity contribution in [3.63, 3.8) is 0 Å². The number of hydrogen-bond acceptors (Lipinski definition) is 6. The fraction of sp³-hybridized carbons (Fsp3) is 0.778. The van der Waals surface area contributed by atoms with E-state index in [1.54, 1.807) is 4.90 Å². The van der Waals surface area contributed by atoms with E-state index in [0.29, 0.717) is 24.1 Å². The van der Waals surface area contributed by atoms with Crippen molar-refractivity contribution in [1.29, 1.82) is 0 Å². The highest BCUT2D eigenvalue weighted by molar-refractivity contribution is 7.19. The summed E-state index contributed by atoms with van der Waals surface area (Å²) in [5.41, 5.74) is 0. The number of aromatic nitrogens is 2. The quantitative estimate of drug-likeness (QED) is 0.871. The maximum atomic E-state index is 12.6. The molecule has 7 nitrogen and oxygen atoms in total. The van der Waals surface area contributed by atoms with E-state index < -0.39 is 0 Å². The lowest BCUT2D eigenvalue weighted by molar-refractivity contribution is -0.126. The molecule has 2 aliphatic heterocycles. The van der Waals surface area contributed by atoms with Gasteiger partial charge in [-0.2, -0.15) is 0 Å². The number of amides is 2. The summed E-state index contributed by atoms with van der Waals surface area (Å²) in [6.07, 6.45) is 9.19. The third-order valence-electron chi connectivity index (χ3n) is 5.72. The molecule has 3 aliphatic rings. The molecule has 1 atom stereocenters. The number of hydrogen-bond donors (Lipinski definition) is 1. The first-order valence-corrected chi connectivity index (χ1v) is 10.7. The van der Waals surface area contributed by atoms with E-state index in [-0.39, 0.29) is 17.7 Å². The molecule has 0 aromatic carbocycles. The largest absolute Gasteiger partial charge is 0.353 e. The lowest BCUT2D eigenvalue weighted by Gasteiger charge is -2.32. The fourth-order valence-corrected chi connectivity index (χ4v) is 5.13. The minimum atomic E-state index is 0.0216. The van der Waals surface area contributed by atoms with E-state index in [1.165, 1.54) is 24.2 Å². The second-order valence-corrected chi connectivity index (χ2v) is 8.58. The van der Waals surface area contributed by atoms with Crippen molar-refractivity contribution < 1.29 is 9.59 Å². The molecule has 1 aromatic rings. The van der Waals surface area contributed by atoms with E-state index >= 15 is 0 Å². The van der Waals surface area contributed by atoms with Gasteiger partial charge in [-0.1, -0.05) is 24.2 Å². The van der Waals surface area contributed by atoms with Crippen LogP contribution in [0.4, 0.5) is 10.3 Å². The summed E-state index contributed by atoms with van der Waals surface area (Å²) in [6, 6.07) is 0.371. The summed E-state index contributed by atoms with van der Waals surface area (Å²) in [5, 5.41) is 13.3. The highest BCUT2D eigenvalue weighted by Crippen LogP contribution is 2.32. The zero-order chi connectivity index (χ0) is 17.9. The Bertz CT molecular complexity index is 658. The highest BCUT2D eigenvalue weighted by atomic mass is 32.1. The Labute approximate surface area is 158 Å². The molecule has 1 saturated carbocycles. The zero-order valence-electron chi connectivity index (χ0n) is 15.2. The molecule has 0 bridgehead atoms. The lowest BCUT2D eigenvalue weighted by Crippen LogP contribution is -2.45. The lowest BCUT2D eigenvalue weighted by atomic mass is 9.97. The van der Waals surface area contributed by atoms with Crippen molar-refractivity contribution in [2.24, 2.45) is 5.92 Å². The van der Waals surface area contributed by atoms with Gasteiger partial charge in [0.05, 0.1) is 5.92 Å². The van der Waals surface area contributed by atoms with Crippen LogP contribution in [0.1, 0.15) is 57.8 Å². The summed E-state index contributed by atoms with van der Waals surface area (Å²) < 4.78 is 0. The highest BCUT2D eigenvalue weighted by Gasteiger charge is 2.30. The molecule has 0 radical (unpaired) electrons. The second-order valence-electron chi connectivity index (χ2n) is 7.64. The molecular weight excluding hydrogens is 350 g/mol. The average Bonchev–Trinajstić information content (AvgIpc) is 3.34. The molecule has 3 fully saturated rings. The number of nitrogens with zero attached hydrogens (tertiary/aromatic N) is 4.